The molecule has 0 saturated heterocycles. The number of carbonyl (C=O) groups is 8. The van der Waals surface area contributed by atoms with Crippen LogP contribution >= 0.6 is 11.8 Å². The first kappa shape index (κ1) is 54.2. The topological polar surface area (TPSA) is 339 Å². The lowest BCUT2D eigenvalue weighted by atomic mass is 10.0. The van der Waals surface area contributed by atoms with Crippen molar-refractivity contribution in [2.45, 2.75) is 153 Å². The molecule has 7 atom stereocenters. The Balaban J connectivity index is 6.43. The zero-order valence-electron chi connectivity index (χ0n) is 35.2. The van der Waals surface area contributed by atoms with E-state index in [0.29, 0.717) is 63.9 Å². The van der Waals surface area contributed by atoms with Gasteiger partial charge >= 0.3 is 0 Å². The molecule has 7 amide bonds. The molecule has 0 aliphatic rings. The molecular weight excluding hydrogens is 771 g/mol. The van der Waals surface area contributed by atoms with Crippen molar-refractivity contribution in [3.8, 4) is 0 Å². The zero-order chi connectivity index (χ0) is 44.2. The second-order valence-corrected chi connectivity index (χ2v) is 16.0. The number of hydrogen-bond acceptors (Lipinski definition) is 13. The van der Waals surface area contributed by atoms with Crippen molar-refractivity contribution in [2.24, 2.45) is 34.6 Å². The van der Waals surface area contributed by atoms with Crippen molar-refractivity contribution in [3.05, 3.63) is 0 Å². The first-order chi connectivity index (χ1) is 27.4. The third-order valence-corrected chi connectivity index (χ3v) is 9.87. The van der Waals surface area contributed by atoms with E-state index >= 15 is 0 Å². The summed E-state index contributed by atoms with van der Waals surface area (Å²) in [6, 6.07) is -7.28. The maximum absolute atomic E-state index is 14.0. The molecule has 0 aliphatic heterocycles. The Labute approximate surface area is 348 Å². The van der Waals surface area contributed by atoms with Crippen molar-refractivity contribution < 1.29 is 38.4 Å². The molecule has 0 unspecified atom stereocenters. The number of amides is 7. The third kappa shape index (κ3) is 23.5. The van der Waals surface area contributed by atoms with E-state index in [9.17, 15) is 38.4 Å². The number of ketones is 1. The van der Waals surface area contributed by atoms with Crippen molar-refractivity contribution in [3.63, 3.8) is 0 Å². The minimum Gasteiger partial charge on any atom is -0.370 e. The highest BCUT2D eigenvalue weighted by Gasteiger charge is 2.33. The monoisotopic (exact) mass is 844 g/mol. The fraction of sp³-hybridized carbons (Fsp3) is 0.789. The number of hydrogen-bond donors (Lipinski definition) is 11. The van der Waals surface area contributed by atoms with E-state index in [-0.39, 0.29) is 56.6 Å². The summed E-state index contributed by atoms with van der Waals surface area (Å²) in [5.74, 6) is -4.25. The van der Waals surface area contributed by atoms with Gasteiger partial charge in [0, 0.05) is 6.42 Å². The molecule has 0 rings (SSSR count). The number of Topliss-reactive ketones (excluding diaryl/α,β-unsaturated/α-hetero) is 1. The largest absolute Gasteiger partial charge is 0.370 e. The Morgan fingerprint density at radius 2 is 0.845 bits per heavy atom. The molecule has 20 heteroatoms. The molecule has 0 aromatic rings. The van der Waals surface area contributed by atoms with Gasteiger partial charge in [0.15, 0.2) is 5.78 Å². The molecule has 0 radical (unpaired) electrons. The molecule has 0 fully saturated rings. The molecule has 0 spiro atoms. The number of nitrogens with two attached hydrogens (primary N) is 5. The average molecular weight is 844 g/mol. The minimum atomic E-state index is -1.14. The van der Waals surface area contributed by atoms with Crippen LogP contribution in [0, 0.1) is 5.92 Å². The zero-order valence-corrected chi connectivity index (χ0v) is 36.0. The van der Waals surface area contributed by atoms with E-state index in [1.54, 1.807) is 0 Å². The lowest BCUT2D eigenvalue weighted by molar-refractivity contribution is -0.135. The molecule has 0 saturated carbocycles. The van der Waals surface area contributed by atoms with Gasteiger partial charge in [-0.2, -0.15) is 11.8 Å². The number of thioether (sulfide) groups is 1. The fourth-order valence-corrected chi connectivity index (χ4v) is 6.29. The standard InChI is InChI=1S/C38H73N11O8S/c1-23(2)22-31(49-33(52)24(3)42)38(57)47-29(14-8-11-20-41)35(54)45-27(12-6-9-18-39)34(53)46-28(13-7-10-19-40)36(55)48-30(17-21-58-5)37(56)44-26(25(4)50)15-16-32(43)51/h23-24,26-31H,6-22,39-42H2,1-5H3,(H2,43,51)(H,44,56)(H,45,54)(H,46,53)(H,47,57)(H,48,55)(H,49,52)/t24-,26-,27-,28-,29-,30-,31-/m0/s1. The van der Waals surface area contributed by atoms with Crippen LogP contribution in [0.2, 0.25) is 0 Å². The summed E-state index contributed by atoms with van der Waals surface area (Å²) >= 11 is 1.44. The number of rotatable bonds is 33. The van der Waals surface area contributed by atoms with Crippen molar-refractivity contribution in [2.75, 3.05) is 31.6 Å². The van der Waals surface area contributed by atoms with Crippen molar-refractivity contribution in [1.29, 1.82) is 0 Å². The molecule has 58 heavy (non-hydrogen) atoms. The number of nitrogens with one attached hydrogen (secondary N) is 6. The highest BCUT2D eigenvalue weighted by atomic mass is 32.2. The number of carbonyl (C=O) groups excluding carboxylic acids is 8. The second-order valence-electron chi connectivity index (χ2n) is 15.0. The Bertz CT molecular complexity index is 1310. The van der Waals surface area contributed by atoms with Gasteiger partial charge in [0.1, 0.15) is 30.2 Å². The summed E-state index contributed by atoms with van der Waals surface area (Å²) in [5, 5.41) is 16.3. The molecule has 0 aliphatic carbocycles. The lowest BCUT2D eigenvalue weighted by Gasteiger charge is -2.28. The van der Waals surface area contributed by atoms with Crippen LogP contribution in [0.3, 0.4) is 0 Å². The summed E-state index contributed by atoms with van der Waals surface area (Å²) in [7, 11) is 0. The van der Waals surface area contributed by atoms with E-state index in [1.165, 1.54) is 25.6 Å². The van der Waals surface area contributed by atoms with E-state index in [2.05, 4.69) is 31.9 Å². The van der Waals surface area contributed by atoms with E-state index in [1.807, 2.05) is 20.1 Å². The molecule has 0 heterocycles. The third-order valence-electron chi connectivity index (χ3n) is 9.22. The molecule has 0 bridgehead atoms. The van der Waals surface area contributed by atoms with Crippen LogP contribution in [0.1, 0.15) is 111 Å². The van der Waals surface area contributed by atoms with Crippen LogP contribution in [0.25, 0.3) is 0 Å². The summed E-state index contributed by atoms with van der Waals surface area (Å²) in [6.45, 7) is 7.56. The van der Waals surface area contributed by atoms with Crippen LogP contribution in [-0.2, 0) is 38.4 Å². The highest BCUT2D eigenvalue weighted by molar-refractivity contribution is 7.98. The Hall–Kier alpha value is -3.85. The van der Waals surface area contributed by atoms with Gasteiger partial charge in [0.25, 0.3) is 0 Å². The Morgan fingerprint density at radius 3 is 1.16 bits per heavy atom. The SMILES string of the molecule is CSCC[C@H](NC(=O)[C@H](CCCCN)NC(=O)[C@H](CCCCN)NC(=O)[C@H](CCCCN)NC(=O)[C@H](CC(C)C)NC(=O)[C@H](C)N)C(=O)N[C@@H](CCC(N)=O)C(C)=O. The number of unbranched alkanes of at least 4 members (excludes halogenated alkanes) is 3. The van der Waals surface area contributed by atoms with Gasteiger partial charge < -0.3 is 60.6 Å². The van der Waals surface area contributed by atoms with Crippen molar-refractivity contribution >= 4 is 58.9 Å². The van der Waals surface area contributed by atoms with Crippen LogP contribution < -0.4 is 60.6 Å². The molecule has 334 valence electrons. The molecule has 19 nitrogen and oxygen atoms in total. The van der Waals surface area contributed by atoms with E-state index in [0.717, 1.165) is 0 Å². The van der Waals surface area contributed by atoms with Gasteiger partial charge in [0.2, 0.25) is 41.4 Å². The Kier molecular flexibility index (Phi) is 29.1. The first-order valence-electron chi connectivity index (χ1n) is 20.4. The van der Waals surface area contributed by atoms with Gasteiger partial charge in [-0.25, -0.2) is 0 Å². The van der Waals surface area contributed by atoms with E-state index < -0.39 is 83.6 Å². The van der Waals surface area contributed by atoms with E-state index in [4.69, 9.17) is 28.7 Å². The van der Waals surface area contributed by atoms with Gasteiger partial charge in [-0.3, -0.25) is 38.4 Å². The lowest BCUT2D eigenvalue weighted by Crippen LogP contribution is -2.59. The molecular formula is C38H73N11O8S. The average Bonchev–Trinajstić information content (AvgIpc) is 3.15. The normalized spacial score (nSPS) is 14.8. The Morgan fingerprint density at radius 1 is 0.500 bits per heavy atom. The maximum atomic E-state index is 14.0. The predicted molar refractivity (Wildman–Crippen MR) is 226 cm³/mol. The molecule has 0 aromatic carbocycles. The van der Waals surface area contributed by atoms with Gasteiger partial charge in [-0.15, -0.1) is 0 Å². The van der Waals surface area contributed by atoms with Crippen molar-refractivity contribution in [1.82, 2.24) is 31.9 Å². The predicted octanol–water partition coefficient (Wildman–Crippen LogP) is -1.72. The molecule has 0 aromatic heterocycles. The summed E-state index contributed by atoms with van der Waals surface area (Å²) < 4.78 is 0. The summed E-state index contributed by atoms with van der Waals surface area (Å²) in [6.07, 6.45) is 5.72. The highest BCUT2D eigenvalue weighted by Crippen LogP contribution is 2.11. The second kappa shape index (κ2) is 31.1. The van der Waals surface area contributed by atoms with Crippen LogP contribution in [0.5, 0.6) is 0 Å². The summed E-state index contributed by atoms with van der Waals surface area (Å²) in [5.41, 5.74) is 28.1. The van der Waals surface area contributed by atoms with Crippen LogP contribution in [0.4, 0.5) is 0 Å². The molecule has 16 N–H and O–H groups in total. The fourth-order valence-electron chi connectivity index (χ4n) is 5.82. The smallest absolute Gasteiger partial charge is 0.243 e. The quantitative estimate of drug-likeness (QED) is 0.0328. The van der Waals surface area contributed by atoms with Gasteiger partial charge in [-0.1, -0.05) is 13.8 Å². The van der Waals surface area contributed by atoms with Crippen LogP contribution in [0.15, 0.2) is 0 Å². The van der Waals surface area contributed by atoms with Gasteiger partial charge in [0.05, 0.1) is 12.1 Å². The minimum absolute atomic E-state index is 0.00511. The maximum Gasteiger partial charge on any atom is 0.243 e. The summed E-state index contributed by atoms with van der Waals surface area (Å²) in [4.78, 5) is 105. The first-order valence-corrected chi connectivity index (χ1v) is 21.8. The number of primary amides is 1. The van der Waals surface area contributed by atoms with Crippen LogP contribution in [-0.4, -0.2) is 121 Å². The van der Waals surface area contributed by atoms with Gasteiger partial charge in [-0.05, 0) is 128 Å².